The Bertz CT molecular complexity index is 1090. The summed E-state index contributed by atoms with van der Waals surface area (Å²) in [7, 11) is 0. The van der Waals surface area contributed by atoms with Crippen molar-refractivity contribution in [1.29, 1.82) is 0 Å². The number of pyridine rings is 1. The molecule has 0 spiro atoms. The van der Waals surface area contributed by atoms with Gasteiger partial charge in [-0.15, -0.1) is 0 Å². The molecule has 1 atom stereocenters. The van der Waals surface area contributed by atoms with E-state index in [0.717, 1.165) is 28.0 Å². The molecule has 2 heterocycles. The first kappa shape index (κ1) is 19.6. The van der Waals surface area contributed by atoms with Crippen molar-refractivity contribution in [2.45, 2.75) is 32.9 Å². The molecule has 0 saturated heterocycles. The number of amides is 1. The Kier molecular flexibility index (Phi) is 5.48. The smallest absolute Gasteiger partial charge is 0.339 e. The van der Waals surface area contributed by atoms with E-state index < -0.39 is 12.1 Å². The molecule has 152 valence electrons. The van der Waals surface area contributed by atoms with Gasteiger partial charge in [0.15, 0.2) is 6.10 Å². The Labute approximate surface area is 174 Å². The van der Waals surface area contributed by atoms with Crippen LogP contribution in [0.15, 0.2) is 60.8 Å². The van der Waals surface area contributed by atoms with E-state index in [0.29, 0.717) is 17.9 Å². The van der Waals surface area contributed by atoms with Gasteiger partial charge in [-0.2, -0.15) is 0 Å². The number of nitrogens with zero attached hydrogens (tertiary/aromatic N) is 1. The summed E-state index contributed by atoms with van der Waals surface area (Å²) in [5.41, 5.74) is 4.30. The third-order valence-electron chi connectivity index (χ3n) is 5.01. The number of benzene rings is 2. The molecule has 0 saturated carbocycles. The molecule has 1 unspecified atom stereocenters. The summed E-state index contributed by atoms with van der Waals surface area (Å²) >= 11 is 0. The van der Waals surface area contributed by atoms with Crippen LogP contribution in [0.5, 0.6) is 11.6 Å². The van der Waals surface area contributed by atoms with Crippen molar-refractivity contribution >= 4 is 11.9 Å². The third kappa shape index (κ3) is 4.33. The minimum Gasteiger partial charge on any atom is -0.448 e. The van der Waals surface area contributed by atoms with Gasteiger partial charge in [0, 0.05) is 25.2 Å². The Morgan fingerprint density at radius 3 is 2.80 bits per heavy atom. The number of aryl methyl sites for hydroxylation is 2. The quantitative estimate of drug-likeness (QED) is 0.655. The second-order valence-corrected chi connectivity index (χ2v) is 7.35. The van der Waals surface area contributed by atoms with E-state index in [-0.39, 0.29) is 12.5 Å². The van der Waals surface area contributed by atoms with Crippen LogP contribution in [0.25, 0.3) is 0 Å². The molecule has 1 aliphatic heterocycles. The molecule has 1 N–H and O–H groups in total. The summed E-state index contributed by atoms with van der Waals surface area (Å²) in [5.74, 6) is 0.458. The van der Waals surface area contributed by atoms with Crippen LogP contribution in [-0.2, 0) is 22.5 Å². The van der Waals surface area contributed by atoms with Gasteiger partial charge in [-0.25, -0.2) is 9.78 Å². The number of carbonyl (C=O) groups is 2. The Hall–Kier alpha value is -3.67. The van der Waals surface area contributed by atoms with Crippen LogP contribution in [0.1, 0.15) is 32.6 Å². The Morgan fingerprint density at radius 2 is 2.00 bits per heavy atom. The number of cyclic esters (lactones) is 1. The van der Waals surface area contributed by atoms with Crippen LogP contribution in [0.3, 0.4) is 0 Å². The van der Waals surface area contributed by atoms with E-state index in [4.69, 9.17) is 9.47 Å². The van der Waals surface area contributed by atoms with Gasteiger partial charge in [0.2, 0.25) is 5.88 Å². The van der Waals surface area contributed by atoms with Crippen LogP contribution in [0, 0.1) is 13.8 Å². The van der Waals surface area contributed by atoms with E-state index >= 15 is 0 Å². The highest BCUT2D eigenvalue weighted by Gasteiger charge is 2.30. The Balaban J connectivity index is 1.35. The lowest BCUT2D eigenvalue weighted by molar-refractivity contribution is -0.130. The van der Waals surface area contributed by atoms with Gasteiger partial charge in [-0.3, -0.25) is 4.79 Å². The average molecular weight is 402 g/mol. The minimum atomic E-state index is -0.827. The maximum Gasteiger partial charge on any atom is 0.339 e. The molecule has 0 radical (unpaired) electrons. The lowest BCUT2D eigenvalue weighted by Gasteiger charge is -2.23. The van der Waals surface area contributed by atoms with Gasteiger partial charge in [-0.1, -0.05) is 36.4 Å². The van der Waals surface area contributed by atoms with Gasteiger partial charge < -0.3 is 14.8 Å². The number of hydrogen-bond donors (Lipinski definition) is 1. The van der Waals surface area contributed by atoms with Crippen molar-refractivity contribution in [2.24, 2.45) is 0 Å². The zero-order valence-electron chi connectivity index (χ0n) is 16.8. The molecule has 1 aliphatic rings. The predicted octanol–water partition coefficient (Wildman–Crippen LogP) is 3.89. The number of esters is 1. The summed E-state index contributed by atoms with van der Waals surface area (Å²) in [6.45, 7) is 4.27. The molecule has 1 aromatic heterocycles. The molecule has 4 rings (SSSR count). The largest absolute Gasteiger partial charge is 0.448 e. The average Bonchev–Trinajstić information content (AvgIpc) is 2.75. The molecule has 2 aromatic carbocycles. The molecule has 6 heteroatoms. The summed E-state index contributed by atoms with van der Waals surface area (Å²) in [5, 5.41) is 2.81. The van der Waals surface area contributed by atoms with Gasteiger partial charge >= 0.3 is 5.97 Å². The molecular formula is C24H22N2O4. The normalized spacial score (nSPS) is 15.1. The monoisotopic (exact) mass is 402 g/mol. The highest BCUT2D eigenvalue weighted by atomic mass is 16.5. The van der Waals surface area contributed by atoms with Gasteiger partial charge in [0.05, 0.1) is 5.56 Å². The zero-order valence-corrected chi connectivity index (χ0v) is 16.8. The fraction of sp³-hybridized carbons (Fsp3) is 0.208. The van der Waals surface area contributed by atoms with E-state index in [1.165, 1.54) is 0 Å². The molecule has 6 nitrogen and oxygen atoms in total. The molecule has 0 fully saturated rings. The van der Waals surface area contributed by atoms with Gasteiger partial charge in [0.25, 0.3) is 5.91 Å². The maximum absolute atomic E-state index is 12.5. The second kappa shape index (κ2) is 8.37. The number of nitrogens with one attached hydrogen (secondary N) is 1. The van der Waals surface area contributed by atoms with Gasteiger partial charge in [-0.05, 0) is 48.2 Å². The summed E-state index contributed by atoms with van der Waals surface area (Å²) in [4.78, 5) is 28.9. The molecule has 0 bridgehead atoms. The van der Waals surface area contributed by atoms with Crippen LogP contribution in [-0.4, -0.2) is 23.0 Å². The van der Waals surface area contributed by atoms with Crippen molar-refractivity contribution in [3.8, 4) is 11.6 Å². The number of carbonyl (C=O) groups excluding carboxylic acids is 2. The Morgan fingerprint density at radius 1 is 1.17 bits per heavy atom. The first-order valence-electron chi connectivity index (χ1n) is 9.76. The van der Waals surface area contributed by atoms with E-state index in [2.05, 4.69) is 10.3 Å². The van der Waals surface area contributed by atoms with Gasteiger partial charge in [0.1, 0.15) is 5.75 Å². The topological polar surface area (TPSA) is 77.5 Å². The maximum atomic E-state index is 12.5. The highest BCUT2D eigenvalue weighted by molar-refractivity contribution is 5.95. The number of fused-ring (bicyclic) bond motifs is 1. The van der Waals surface area contributed by atoms with Crippen molar-refractivity contribution in [3.63, 3.8) is 0 Å². The molecule has 30 heavy (non-hydrogen) atoms. The van der Waals surface area contributed by atoms with Crippen LogP contribution in [0.2, 0.25) is 0 Å². The lowest BCUT2D eigenvalue weighted by atomic mass is 9.98. The first-order chi connectivity index (χ1) is 14.5. The fourth-order valence-corrected chi connectivity index (χ4v) is 3.29. The summed E-state index contributed by atoms with van der Waals surface area (Å²) in [6.07, 6.45) is 1.20. The van der Waals surface area contributed by atoms with E-state index in [9.17, 15) is 9.59 Å². The minimum absolute atomic E-state index is 0.283. The standard InChI is InChI=1S/C24H22N2O4/c1-15-7-8-16(2)20(11-15)29-22-10-9-17(13-25-22)14-26-23(27)21-12-18-5-3-4-6-19(18)24(28)30-21/h3-11,13,21H,12,14H2,1-2H3,(H,26,27). The molecule has 1 amide bonds. The number of rotatable bonds is 5. The third-order valence-corrected chi connectivity index (χ3v) is 5.01. The summed E-state index contributed by atoms with van der Waals surface area (Å²) < 4.78 is 11.1. The van der Waals surface area contributed by atoms with Crippen molar-refractivity contribution in [3.05, 3.63) is 88.6 Å². The number of ether oxygens (including phenoxy) is 2. The highest BCUT2D eigenvalue weighted by Crippen LogP contribution is 2.25. The van der Waals surface area contributed by atoms with Crippen molar-refractivity contribution < 1.29 is 19.1 Å². The van der Waals surface area contributed by atoms with Crippen molar-refractivity contribution in [1.82, 2.24) is 10.3 Å². The van der Waals surface area contributed by atoms with Crippen molar-refractivity contribution in [2.75, 3.05) is 0 Å². The fourth-order valence-electron chi connectivity index (χ4n) is 3.29. The summed E-state index contributed by atoms with van der Waals surface area (Å²) in [6, 6.07) is 16.8. The van der Waals surface area contributed by atoms with Crippen LogP contribution < -0.4 is 10.1 Å². The number of hydrogen-bond acceptors (Lipinski definition) is 5. The second-order valence-electron chi connectivity index (χ2n) is 7.35. The lowest BCUT2D eigenvalue weighted by Crippen LogP contribution is -2.41. The molecule has 0 aliphatic carbocycles. The van der Waals surface area contributed by atoms with Crippen LogP contribution in [0.4, 0.5) is 0 Å². The molecule has 3 aromatic rings. The zero-order chi connectivity index (χ0) is 21.1. The number of aromatic nitrogens is 1. The van der Waals surface area contributed by atoms with Crippen LogP contribution >= 0.6 is 0 Å². The first-order valence-corrected chi connectivity index (χ1v) is 9.76. The predicted molar refractivity (Wildman–Crippen MR) is 111 cm³/mol. The van der Waals surface area contributed by atoms with E-state index in [1.54, 1.807) is 24.4 Å². The van der Waals surface area contributed by atoms with E-state index in [1.807, 2.05) is 50.2 Å². The SMILES string of the molecule is Cc1ccc(C)c(Oc2ccc(CNC(=O)C3Cc4ccccc4C(=O)O3)cn2)c1. The molecular weight excluding hydrogens is 380 g/mol.